The number of nitrogens with one attached hydrogen (secondary N) is 1. The number of nitrogens with two attached hydrogens (primary N) is 1. The van der Waals surface area contributed by atoms with Gasteiger partial charge in [-0.1, -0.05) is 6.92 Å². The molecule has 1 saturated carbocycles. The van der Waals surface area contributed by atoms with Gasteiger partial charge in [0.1, 0.15) is 0 Å². The molecule has 1 fully saturated rings. The first-order valence-corrected chi connectivity index (χ1v) is 5.62. The van der Waals surface area contributed by atoms with Gasteiger partial charge < -0.3 is 16.2 Å². The van der Waals surface area contributed by atoms with E-state index in [0.717, 1.165) is 0 Å². The zero-order chi connectivity index (χ0) is 12.4. The van der Waals surface area contributed by atoms with E-state index in [1.807, 2.05) is 6.92 Å². The fraction of sp³-hybridized carbons (Fsp3) is 0.818. The van der Waals surface area contributed by atoms with Gasteiger partial charge in [-0.3, -0.25) is 9.59 Å². The Morgan fingerprint density at radius 2 is 2.06 bits per heavy atom. The summed E-state index contributed by atoms with van der Waals surface area (Å²) in [6, 6.07) is 0. The van der Waals surface area contributed by atoms with Crippen LogP contribution in [0.4, 0.5) is 0 Å². The maximum absolute atomic E-state index is 11.8. The van der Waals surface area contributed by atoms with Crippen molar-refractivity contribution in [1.29, 1.82) is 0 Å². The number of carboxylic acid groups (broad SMARTS) is 1. The van der Waals surface area contributed by atoms with Gasteiger partial charge in [0.05, 0.1) is 10.8 Å². The van der Waals surface area contributed by atoms with Gasteiger partial charge in [0.25, 0.3) is 0 Å². The Kier molecular flexibility index (Phi) is 3.57. The van der Waals surface area contributed by atoms with Crippen LogP contribution in [0, 0.1) is 10.8 Å². The van der Waals surface area contributed by atoms with Crippen LogP contribution in [0.1, 0.15) is 33.1 Å². The molecule has 0 radical (unpaired) electrons. The van der Waals surface area contributed by atoms with E-state index in [-0.39, 0.29) is 19.0 Å². The van der Waals surface area contributed by atoms with Gasteiger partial charge in [-0.25, -0.2) is 0 Å². The third kappa shape index (κ3) is 2.35. The number of hydrogen-bond donors (Lipinski definition) is 3. The first-order valence-electron chi connectivity index (χ1n) is 5.62. The Hall–Kier alpha value is -1.10. The molecule has 1 aliphatic carbocycles. The highest BCUT2D eigenvalue weighted by atomic mass is 16.4. The van der Waals surface area contributed by atoms with Crippen molar-refractivity contribution in [2.45, 2.75) is 33.1 Å². The van der Waals surface area contributed by atoms with E-state index < -0.39 is 16.8 Å². The maximum Gasteiger partial charge on any atom is 0.311 e. The summed E-state index contributed by atoms with van der Waals surface area (Å²) in [5, 5.41) is 11.7. The number of rotatable bonds is 6. The Morgan fingerprint density at radius 1 is 1.50 bits per heavy atom. The molecule has 5 heteroatoms. The van der Waals surface area contributed by atoms with E-state index in [2.05, 4.69) is 5.32 Å². The minimum atomic E-state index is -0.821. The molecule has 0 aromatic heterocycles. The van der Waals surface area contributed by atoms with Gasteiger partial charge in [-0.15, -0.1) is 0 Å². The molecule has 0 aliphatic heterocycles. The minimum Gasteiger partial charge on any atom is -0.481 e. The number of carbonyl (C=O) groups excluding carboxylic acids is 1. The van der Waals surface area contributed by atoms with E-state index in [0.29, 0.717) is 19.3 Å². The summed E-state index contributed by atoms with van der Waals surface area (Å²) >= 11 is 0. The third-order valence-electron chi connectivity index (χ3n) is 3.67. The highest BCUT2D eigenvalue weighted by Gasteiger charge is 2.50. The molecule has 0 spiro atoms. The second kappa shape index (κ2) is 4.41. The van der Waals surface area contributed by atoms with Crippen molar-refractivity contribution in [3.63, 3.8) is 0 Å². The lowest BCUT2D eigenvalue weighted by Gasteiger charge is -2.25. The van der Waals surface area contributed by atoms with E-state index in [1.165, 1.54) is 0 Å². The second-order valence-corrected chi connectivity index (χ2v) is 4.89. The fourth-order valence-corrected chi connectivity index (χ4v) is 1.48. The minimum absolute atomic E-state index is 0.148. The molecule has 0 bridgehead atoms. The molecular weight excluding hydrogens is 208 g/mol. The number of amides is 1. The quantitative estimate of drug-likeness (QED) is 0.611. The molecule has 0 aromatic rings. The molecule has 0 saturated heterocycles. The molecule has 0 aromatic carbocycles. The molecule has 4 N–H and O–H groups in total. The lowest BCUT2D eigenvalue weighted by Crippen LogP contribution is -2.46. The van der Waals surface area contributed by atoms with Gasteiger partial charge >= 0.3 is 5.97 Å². The molecule has 16 heavy (non-hydrogen) atoms. The second-order valence-electron chi connectivity index (χ2n) is 4.89. The van der Waals surface area contributed by atoms with Gasteiger partial charge in [0.2, 0.25) is 5.91 Å². The summed E-state index contributed by atoms with van der Waals surface area (Å²) in [5.74, 6) is -0.969. The number of carbonyl (C=O) groups is 2. The predicted molar refractivity (Wildman–Crippen MR) is 59.8 cm³/mol. The van der Waals surface area contributed by atoms with Crippen molar-refractivity contribution in [1.82, 2.24) is 5.32 Å². The summed E-state index contributed by atoms with van der Waals surface area (Å²) in [7, 11) is 0. The van der Waals surface area contributed by atoms with Crippen LogP contribution in [-0.2, 0) is 9.59 Å². The van der Waals surface area contributed by atoms with Gasteiger partial charge in [-0.05, 0) is 26.2 Å². The Labute approximate surface area is 95.4 Å². The zero-order valence-corrected chi connectivity index (χ0v) is 9.88. The lowest BCUT2D eigenvalue weighted by molar-refractivity contribution is -0.143. The topological polar surface area (TPSA) is 92.4 Å². The standard InChI is InChI=1S/C11H20N2O3/c1-3-10(2,6-12)8(14)13-7-11(4-5-11)9(15)16/h3-7,12H2,1-2H3,(H,13,14)(H,15,16). The van der Waals surface area contributed by atoms with Crippen LogP contribution in [0.2, 0.25) is 0 Å². The lowest BCUT2D eigenvalue weighted by atomic mass is 9.86. The van der Waals surface area contributed by atoms with Crippen LogP contribution in [0.15, 0.2) is 0 Å². The van der Waals surface area contributed by atoms with Crippen LogP contribution in [0.25, 0.3) is 0 Å². The first kappa shape index (κ1) is 13.0. The van der Waals surface area contributed by atoms with Gasteiger partial charge in [0, 0.05) is 13.1 Å². The van der Waals surface area contributed by atoms with Gasteiger partial charge in [-0.2, -0.15) is 0 Å². The molecule has 0 heterocycles. The average molecular weight is 228 g/mol. The van der Waals surface area contributed by atoms with Crippen molar-refractivity contribution < 1.29 is 14.7 Å². The number of hydrogen-bond acceptors (Lipinski definition) is 3. The summed E-state index contributed by atoms with van der Waals surface area (Å²) in [5.41, 5.74) is 4.26. The monoisotopic (exact) mass is 228 g/mol. The van der Waals surface area contributed by atoms with E-state index in [9.17, 15) is 9.59 Å². The number of carboxylic acids is 1. The van der Waals surface area contributed by atoms with Crippen LogP contribution < -0.4 is 11.1 Å². The Morgan fingerprint density at radius 3 is 2.38 bits per heavy atom. The smallest absolute Gasteiger partial charge is 0.311 e. The van der Waals surface area contributed by atoms with Gasteiger partial charge in [0.15, 0.2) is 0 Å². The summed E-state index contributed by atoms with van der Waals surface area (Å²) < 4.78 is 0. The van der Waals surface area contributed by atoms with Crippen LogP contribution in [0.3, 0.4) is 0 Å². The SMILES string of the molecule is CCC(C)(CN)C(=O)NCC1(C(=O)O)CC1. The Balaban J connectivity index is 2.50. The summed E-state index contributed by atoms with van der Waals surface area (Å²) in [4.78, 5) is 22.7. The first-order chi connectivity index (χ1) is 7.40. The normalized spacial score (nSPS) is 20.9. The van der Waals surface area contributed by atoms with E-state index in [1.54, 1.807) is 6.92 Å². The predicted octanol–water partition coefficient (Wildman–Crippen LogP) is 0.342. The zero-order valence-electron chi connectivity index (χ0n) is 9.88. The third-order valence-corrected chi connectivity index (χ3v) is 3.67. The van der Waals surface area contributed by atoms with Crippen LogP contribution >= 0.6 is 0 Å². The largest absolute Gasteiger partial charge is 0.481 e. The molecular formula is C11H20N2O3. The Bertz CT molecular complexity index is 294. The summed E-state index contributed by atoms with van der Waals surface area (Å²) in [6.07, 6.45) is 1.94. The maximum atomic E-state index is 11.8. The molecule has 1 amide bonds. The van der Waals surface area contributed by atoms with Crippen LogP contribution in [0.5, 0.6) is 0 Å². The van der Waals surface area contributed by atoms with Crippen molar-refractivity contribution >= 4 is 11.9 Å². The van der Waals surface area contributed by atoms with Crippen molar-refractivity contribution in [3.8, 4) is 0 Å². The molecule has 5 nitrogen and oxygen atoms in total. The fourth-order valence-electron chi connectivity index (χ4n) is 1.48. The number of aliphatic carboxylic acids is 1. The summed E-state index contributed by atoms with van der Waals surface area (Å²) in [6.45, 7) is 4.19. The highest BCUT2D eigenvalue weighted by Crippen LogP contribution is 2.45. The van der Waals surface area contributed by atoms with E-state index in [4.69, 9.17) is 10.8 Å². The molecule has 1 aliphatic rings. The van der Waals surface area contributed by atoms with Crippen molar-refractivity contribution in [2.24, 2.45) is 16.6 Å². The van der Waals surface area contributed by atoms with E-state index >= 15 is 0 Å². The van der Waals surface area contributed by atoms with Crippen molar-refractivity contribution in [3.05, 3.63) is 0 Å². The highest BCUT2D eigenvalue weighted by molar-refractivity contribution is 5.84. The van der Waals surface area contributed by atoms with Crippen molar-refractivity contribution in [2.75, 3.05) is 13.1 Å². The molecule has 1 rings (SSSR count). The molecule has 1 atom stereocenters. The van der Waals surface area contributed by atoms with Crippen LogP contribution in [-0.4, -0.2) is 30.1 Å². The molecule has 92 valence electrons. The molecule has 1 unspecified atom stereocenters. The average Bonchev–Trinajstić information content (AvgIpc) is 3.05.